The van der Waals surface area contributed by atoms with E-state index in [1.165, 1.54) is 4.90 Å². The van der Waals surface area contributed by atoms with Crippen LogP contribution in [0.25, 0.3) is 0 Å². The Morgan fingerprint density at radius 1 is 1.45 bits per heavy atom. The lowest BCUT2D eigenvalue weighted by Crippen LogP contribution is -2.43. The predicted octanol–water partition coefficient (Wildman–Crippen LogP) is 1.41. The maximum Gasteiger partial charge on any atom is 0.260 e. The van der Waals surface area contributed by atoms with Gasteiger partial charge in [0.25, 0.3) is 5.91 Å². The molecule has 0 aromatic heterocycles. The summed E-state index contributed by atoms with van der Waals surface area (Å²) in [7, 11) is 1.70. The van der Waals surface area contributed by atoms with Crippen LogP contribution in [-0.4, -0.2) is 41.7 Å². The van der Waals surface area contributed by atoms with E-state index in [2.05, 4.69) is 0 Å². The molecule has 0 spiro atoms. The van der Waals surface area contributed by atoms with Crippen LogP contribution in [0.2, 0.25) is 0 Å². The average molecular weight is 278 g/mol. The summed E-state index contributed by atoms with van der Waals surface area (Å²) in [4.78, 5) is 13.5. The van der Waals surface area contributed by atoms with Crippen molar-refractivity contribution < 1.29 is 14.6 Å². The molecule has 0 aliphatic heterocycles. The number of likely N-dealkylation sites (N-methyl/N-ethyl adjacent to an activating group) is 1. The van der Waals surface area contributed by atoms with Crippen LogP contribution >= 0.6 is 0 Å². The van der Waals surface area contributed by atoms with Crippen molar-refractivity contribution in [3.05, 3.63) is 24.3 Å². The SMILES string of the molecule is CN(CC1(O)CCCC1)C(=O)COc1cccc(N)c1. The number of nitrogens with two attached hydrogens (primary N) is 1. The van der Waals surface area contributed by atoms with Gasteiger partial charge in [0, 0.05) is 25.3 Å². The summed E-state index contributed by atoms with van der Waals surface area (Å²) in [6.45, 7) is 0.322. The third-order valence-corrected chi connectivity index (χ3v) is 3.71. The van der Waals surface area contributed by atoms with Crippen LogP contribution in [0.4, 0.5) is 5.69 Å². The Hall–Kier alpha value is -1.75. The summed E-state index contributed by atoms with van der Waals surface area (Å²) in [6, 6.07) is 6.97. The second kappa shape index (κ2) is 6.13. The molecule has 0 heterocycles. The molecule has 3 N–H and O–H groups in total. The summed E-state index contributed by atoms with van der Waals surface area (Å²) < 4.78 is 5.41. The first kappa shape index (κ1) is 14.7. The number of rotatable bonds is 5. The lowest BCUT2D eigenvalue weighted by atomic mass is 10.0. The van der Waals surface area contributed by atoms with E-state index in [1.807, 2.05) is 0 Å². The van der Waals surface area contributed by atoms with Crippen LogP contribution in [-0.2, 0) is 4.79 Å². The van der Waals surface area contributed by atoms with Crippen LogP contribution in [0.5, 0.6) is 5.75 Å². The summed E-state index contributed by atoms with van der Waals surface area (Å²) in [6.07, 6.45) is 3.58. The van der Waals surface area contributed by atoms with Crippen LogP contribution in [0, 0.1) is 0 Å². The number of aliphatic hydroxyl groups is 1. The van der Waals surface area contributed by atoms with Crippen LogP contribution in [0.1, 0.15) is 25.7 Å². The van der Waals surface area contributed by atoms with Gasteiger partial charge in [-0.05, 0) is 25.0 Å². The summed E-state index contributed by atoms with van der Waals surface area (Å²) in [5.41, 5.74) is 5.52. The van der Waals surface area contributed by atoms with Crippen molar-refractivity contribution in [2.24, 2.45) is 0 Å². The first-order chi connectivity index (χ1) is 9.48. The molecule has 1 aromatic carbocycles. The van der Waals surface area contributed by atoms with E-state index in [1.54, 1.807) is 31.3 Å². The van der Waals surface area contributed by atoms with Gasteiger partial charge in [0.2, 0.25) is 0 Å². The van der Waals surface area contributed by atoms with E-state index in [0.29, 0.717) is 18.0 Å². The standard InChI is InChI=1S/C15H22N2O3/c1-17(11-15(19)7-2-3-8-15)14(18)10-20-13-6-4-5-12(16)9-13/h4-6,9,19H,2-3,7-8,10-11,16H2,1H3. The van der Waals surface area contributed by atoms with Crippen LogP contribution in [0.15, 0.2) is 24.3 Å². The molecular weight excluding hydrogens is 256 g/mol. The molecule has 0 bridgehead atoms. The zero-order chi connectivity index (χ0) is 14.6. The van der Waals surface area contributed by atoms with Crippen LogP contribution in [0.3, 0.4) is 0 Å². The molecule has 1 aliphatic rings. The minimum atomic E-state index is -0.721. The monoisotopic (exact) mass is 278 g/mol. The fourth-order valence-electron chi connectivity index (χ4n) is 2.58. The lowest BCUT2D eigenvalue weighted by Gasteiger charge is -2.28. The molecule has 1 aromatic rings. The highest BCUT2D eigenvalue weighted by Crippen LogP contribution is 2.29. The van der Waals surface area contributed by atoms with Crippen molar-refractivity contribution in [3.8, 4) is 5.75 Å². The molecule has 0 unspecified atom stereocenters. The zero-order valence-electron chi connectivity index (χ0n) is 11.8. The number of amides is 1. The van der Waals surface area contributed by atoms with E-state index in [0.717, 1.165) is 25.7 Å². The minimum absolute atomic E-state index is 0.0456. The Morgan fingerprint density at radius 3 is 2.80 bits per heavy atom. The summed E-state index contributed by atoms with van der Waals surface area (Å²) >= 11 is 0. The van der Waals surface area contributed by atoms with Gasteiger partial charge in [-0.2, -0.15) is 0 Å². The number of carbonyl (C=O) groups excluding carboxylic acids is 1. The minimum Gasteiger partial charge on any atom is -0.484 e. The number of ether oxygens (including phenoxy) is 1. The first-order valence-electron chi connectivity index (χ1n) is 6.93. The van der Waals surface area contributed by atoms with Gasteiger partial charge in [-0.1, -0.05) is 18.9 Å². The van der Waals surface area contributed by atoms with E-state index < -0.39 is 5.60 Å². The normalized spacial score (nSPS) is 16.9. The first-order valence-corrected chi connectivity index (χ1v) is 6.93. The fraction of sp³-hybridized carbons (Fsp3) is 0.533. The quantitative estimate of drug-likeness (QED) is 0.799. The Morgan fingerprint density at radius 2 is 2.15 bits per heavy atom. The average Bonchev–Trinajstić information content (AvgIpc) is 2.82. The van der Waals surface area contributed by atoms with E-state index in [-0.39, 0.29) is 12.5 Å². The molecular formula is C15H22N2O3. The lowest BCUT2D eigenvalue weighted by molar-refractivity contribution is -0.135. The maximum absolute atomic E-state index is 12.0. The van der Waals surface area contributed by atoms with Gasteiger partial charge in [0.1, 0.15) is 5.75 Å². The van der Waals surface area contributed by atoms with Gasteiger partial charge in [0.05, 0.1) is 5.60 Å². The second-order valence-corrected chi connectivity index (χ2v) is 5.54. The largest absolute Gasteiger partial charge is 0.484 e. The Kier molecular flexibility index (Phi) is 4.49. The van der Waals surface area contributed by atoms with Gasteiger partial charge < -0.3 is 20.5 Å². The number of carbonyl (C=O) groups is 1. The molecule has 1 fully saturated rings. The molecule has 0 saturated heterocycles. The topological polar surface area (TPSA) is 75.8 Å². The highest BCUT2D eigenvalue weighted by Gasteiger charge is 2.33. The van der Waals surface area contributed by atoms with Crippen molar-refractivity contribution in [2.75, 3.05) is 25.9 Å². The number of nitrogen functional groups attached to an aromatic ring is 1. The third kappa shape index (κ3) is 3.87. The van der Waals surface area contributed by atoms with Crippen molar-refractivity contribution in [2.45, 2.75) is 31.3 Å². The smallest absolute Gasteiger partial charge is 0.260 e. The summed E-state index contributed by atoms with van der Waals surface area (Å²) in [5, 5.41) is 10.3. The highest BCUT2D eigenvalue weighted by molar-refractivity contribution is 5.77. The maximum atomic E-state index is 12.0. The molecule has 1 amide bonds. The van der Waals surface area contributed by atoms with Crippen molar-refractivity contribution >= 4 is 11.6 Å². The Labute approximate surface area is 119 Å². The van der Waals surface area contributed by atoms with Gasteiger partial charge >= 0.3 is 0 Å². The molecule has 1 aliphatic carbocycles. The molecule has 110 valence electrons. The summed E-state index contributed by atoms with van der Waals surface area (Å²) in [5.74, 6) is 0.430. The van der Waals surface area contributed by atoms with Gasteiger partial charge in [0.15, 0.2) is 6.61 Å². The molecule has 0 radical (unpaired) electrons. The fourth-order valence-corrected chi connectivity index (χ4v) is 2.58. The van der Waals surface area contributed by atoms with Gasteiger partial charge in [-0.15, -0.1) is 0 Å². The molecule has 2 rings (SSSR count). The van der Waals surface area contributed by atoms with Crippen molar-refractivity contribution in [3.63, 3.8) is 0 Å². The predicted molar refractivity (Wildman–Crippen MR) is 77.4 cm³/mol. The van der Waals surface area contributed by atoms with E-state index >= 15 is 0 Å². The molecule has 5 heteroatoms. The van der Waals surface area contributed by atoms with Crippen LogP contribution < -0.4 is 10.5 Å². The van der Waals surface area contributed by atoms with Crippen molar-refractivity contribution in [1.82, 2.24) is 4.90 Å². The number of anilines is 1. The molecule has 5 nitrogen and oxygen atoms in total. The van der Waals surface area contributed by atoms with Gasteiger partial charge in [-0.3, -0.25) is 4.79 Å². The molecule has 1 saturated carbocycles. The molecule has 0 atom stereocenters. The number of benzene rings is 1. The number of nitrogens with zero attached hydrogens (tertiary/aromatic N) is 1. The number of hydrogen-bond acceptors (Lipinski definition) is 4. The van der Waals surface area contributed by atoms with Gasteiger partial charge in [-0.25, -0.2) is 0 Å². The van der Waals surface area contributed by atoms with E-state index in [4.69, 9.17) is 10.5 Å². The Balaban J connectivity index is 1.82. The Bertz CT molecular complexity index is 470. The third-order valence-electron chi connectivity index (χ3n) is 3.71. The number of hydrogen-bond donors (Lipinski definition) is 2. The van der Waals surface area contributed by atoms with E-state index in [9.17, 15) is 9.90 Å². The second-order valence-electron chi connectivity index (χ2n) is 5.54. The highest BCUT2D eigenvalue weighted by atomic mass is 16.5. The van der Waals surface area contributed by atoms with Crippen molar-refractivity contribution in [1.29, 1.82) is 0 Å². The molecule has 20 heavy (non-hydrogen) atoms. The zero-order valence-corrected chi connectivity index (χ0v) is 11.8.